The zero-order valence-corrected chi connectivity index (χ0v) is 14.2. The number of rotatable bonds is 4. The Bertz CT molecular complexity index is 729. The highest BCUT2D eigenvalue weighted by molar-refractivity contribution is 7.91. The van der Waals surface area contributed by atoms with Crippen molar-refractivity contribution < 1.29 is 31.1 Å². The van der Waals surface area contributed by atoms with Crippen LogP contribution in [0.2, 0.25) is 0 Å². The molecule has 7 nitrogen and oxygen atoms in total. The van der Waals surface area contributed by atoms with Crippen LogP contribution in [-0.2, 0) is 25.9 Å². The van der Waals surface area contributed by atoms with Crippen LogP contribution in [0.5, 0.6) is 0 Å². The largest absolute Gasteiger partial charge is 0.467 e. The van der Waals surface area contributed by atoms with Crippen molar-refractivity contribution in [2.45, 2.75) is 37.4 Å². The van der Waals surface area contributed by atoms with Gasteiger partial charge in [-0.2, -0.15) is 18.3 Å². The average molecular weight is 369 g/mol. The van der Waals surface area contributed by atoms with Crippen LogP contribution in [-0.4, -0.2) is 61.5 Å². The van der Waals surface area contributed by atoms with E-state index in [9.17, 15) is 26.4 Å². The number of nitrogens with zero attached hydrogens (tertiary/aromatic N) is 3. The molecule has 0 saturated carbocycles. The fourth-order valence-corrected chi connectivity index (χ4v) is 3.73. The van der Waals surface area contributed by atoms with Gasteiger partial charge in [0.25, 0.3) is 0 Å². The van der Waals surface area contributed by atoms with Gasteiger partial charge >= 0.3 is 12.1 Å². The highest BCUT2D eigenvalue weighted by Gasteiger charge is 2.43. The van der Waals surface area contributed by atoms with Gasteiger partial charge in [0, 0.05) is 18.9 Å². The van der Waals surface area contributed by atoms with Crippen molar-refractivity contribution in [1.82, 2.24) is 9.78 Å². The molecule has 0 N–H and O–H groups in total. The van der Waals surface area contributed by atoms with Gasteiger partial charge in [0.1, 0.15) is 18.4 Å². The Hall–Kier alpha value is -1.78. The smallest absolute Gasteiger partial charge is 0.408 e. The summed E-state index contributed by atoms with van der Waals surface area (Å²) >= 11 is 0. The van der Waals surface area contributed by atoms with Gasteiger partial charge in [-0.05, 0) is 13.3 Å². The lowest BCUT2D eigenvalue weighted by atomic mass is 10.2. The topological polar surface area (TPSA) is 81.5 Å². The highest BCUT2D eigenvalue weighted by Crippen LogP contribution is 2.31. The third-order valence-electron chi connectivity index (χ3n) is 3.85. The summed E-state index contributed by atoms with van der Waals surface area (Å²) < 4.78 is 67.2. The van der Waals surface area contributed by atoms with E-state index in [2.05, 4.69) is 9.84 Å². The molecule has 1 aliphatic rings. The molecule has 0 aromatic carbocycles. The fourth-order valence-electron chi connectivity index (χ4n) is 2.77. The number of methoxy groups -OCH3 is 1. The fraction of sp³-hybridized carbons (Fsp3) is 0.692. The normalized spacial score (nSPS) is 22.0. The van der Waals surface area contributed by atoms with E-state index in [0.717, 1.165) is 18.0 Å². The molecule has 0 radical (unpaired) electrons. The first kappa shape index (κ1) is 18.6. The number of hydrogen-bond acceptors (Lipinski definition) is 6. The third kappa shape index (κ3) is 4.00. The maximum absolute atomic E-state index is 12.7. The van der Waals surface area contributed by atoms with Gasteiger partial charge in [-0.25, -0.2) is 17.9 Å². The Kier molecular flexibility index (Phi) is 4.84. The Morgan fingerprint density at radius 3 is 2.58 bits per heavy atom. The second-order valence-corrected chi connectivity index (χ2v) is 8.12. The lowest BCUT2D eigenvalue weighted by Gasteiger charge is -2.25. The van der Waals surface area contributed by atoms with E-state index in [0.29, 0.717) is 5.69 Å². The van der Waals surface area contributed by atoms with E-state index < -0.39 is 39.8 Å². The van der Waals surface area contributed by atoms with Gasteiger partial charge in [-0.15, -0.1) is 0 Å². The zero-order valence-electron chi connectivity index (χ0n) is 13.4. The zero-order chi connectivity index (χ0) is 18.3. The van der Waals surface area contributed by atoms with E-state index in [4.69, 9.17) is 0 Å². The summed E-state index contributed by atoms with van der Waals surface area (Å²) in [5.41, 5.74) is 0.334. The molecule has 1 fully saturated rings. The van der Waals surface area contributed by atoms with Gasteiger partial charge in [0.15, 0.2) is 9.84 Å². The number of carbonyl (C=O) groups excluding carboxylic acids is 1. The van der Waals surface area contributed by atoms with E-state index in [1.165, 1.54) is 17.9 Å². The van der Waals surface area contributed by atoms with Crippen molar-refractivity contribution >= 4 is 21.6 Å². The Morgan fingerprint density at radius 2 is 2.08 bits per heavy atom. The highest BCUT2D eigenvalue weighted by atomic mass is 32.2. The third-order valence-corrected chi connectivity index (χ3v) is 5.40. The van der Waals surface area contributed by atoms with Crippen LogP contribution < -0.4 is 4.90 Å². The maximum atomic E-state index is 12.7. The van der Waals surface area contributed by atoms with Gasteiger partial charge in [0.2, 0.25) is 0 Å². The number of sulfone groups is 1. The number of aryl methyl sites for hydroxylation is 1. The van der Waals surface area contributed by atoms with Crippen LogP contribution in [0.1, 0.15) is 12.1 Å². The van der Waals surface area contributed by atoms with Crippen molar-refractivity contribution in [3.63, 3.8) is 0 Å². The quantitative estimate of drug-likeness (QED) is 0.734. The summed E-state index contributed by atoms with van der Waals surface area (Å²) in [7, 11) is -2.32. The minimum Gasteiger partial charge on any atom is -0.467 e. The van der Waals surface area contributed by atoms with E-state index in [1.54, 1.807) is 0 Å². The first-order valence-electron chi connectivity index (χ1n) is 7.07. The number of esters is 1. The molecule has 0 aliphatic carbocycles. The van der Waals surface area contributed by atoms with Gasteiger partial charge in [-0.3, -0.25) is 0 Å². The molecule has 2 rings (SSSR count). The number of halogens is 3. The van der Waals surface area contributed by atoms with Crippen LogP contribution in [0, 0.1) is 6.92 Å². The average Bonchev–Trinajstić information content (AvgIpc) is 2.99. The molecule has 1 aliphatic heterocycles. The summed E-state index contributed by atoms with van der Waals surface area (Å²) in [4.78, 5) is 13.3. The molecular weight excluding hydrogens is 351 g/mol. The summed E-state index contributed by atoms with van der Waals surface area (Å²) in [6.45, 7) is 0.0966. The van der Waals surface area contributed by atoms with Crippen molar-refractivity contribution in [2.24, 2.45) is 0 Å². The van der Waals surface area contributed by atoms with Crippen molar-refractivity contribution in [1.29, 1.82) is 0 Å². The Morgan fingerprint density at radius 1 is 1.46 bits per heavy atom. The second kappa shape index (κ2) is 6.26. The Balaban J connectivity index is 2.42. The van der Waals surface area contributed by atoms with Crippen molar-refractivity contribution in [2.75, 3.05) is 24.8 Å². The second-order valence-electron chi connectivity index (χ2n) is 5.80. The van der Waals surface area contributed by atoms with Crippen LogP contribution in [0.4, 0.5) is 19.0 Å². The maximum Gasteiger partial charge on any atom is 0.408 e. The summed E-state index contributed by atoms with van der Waals surface area (Å²) in [6, 6.07) is 0.421. The number of hydrogen-bond donors (Lipinski definition) is 0. The molecule has 1 aromatic heterocycles. The van der Waals surface area contributed by atoms with Crippen LogP contribution in [0.3, 0.4) is 0 Å². The predicted molar refractivity (Wildman–Crippen MR) is 79.4 cm³/mol. The van der Waals surface area contributed by atoms with E-state index in [1.807, 2.05) is 0 Å². The van der Waals surface area contributed by atoms with E-state index >= 15 is 0 Å². The summed E-state index contributed by atoms with van der Waals surface area (Å²) in [6.07, 6.45) is -3.50. The lowest BCUT2D eigenvalue weighted by Crippen LogP contribution is -2.39. The minimum atomic E-state index is -4.50. The molecule has 11 heteroatoms. The number of anilines is 1. The Labute approximate surface area is 137 Å². The minimum absolute atomic E-state index is 0.0399. The monoisotopic (exact) mass is 369 g/mol. The molecule has 2 heterocycles. The molecule has 24 heavy (non-hydrogen) atoms. The van der Waals surface area contributed by atoms with Crippen LogP contribution in [0.15, 0.2) is 6.07 Å². The van der Waals surface area contributed by atoms with E-state index in [-0.39, 0.29) is 18.8 Å². The van der Waals surface area contributed by atoms with Gasteiger partial charge < -0.3 is 9.64 Å². The summed E-state index contributed by atoms with van der Waals surface area (Å²) in [5.74, 6) is -0.648. The first-order chi connectivity index (χ1) is 10.9. The number of carbonyl (C=O) groups is 1. The number of aromatic nitrogens is 2. The SMILES string of the molecule is COC(=O)[C@@H]1C[C@@H](S(C)(=O)=O)CN1c1cc(C)nn1CC(F)(F)F. The van der Waals surface area contributed by atoms with Crippen molar-refractivity contribution in [3.8, 4) is 0 Å². The molecule has 0 spiro atoms. The molecule has 0 bridgehead atoms. The van der Waals surface area contributed by atoms with Crippen LogP contribution >= 0.6 is 0 Å². The molecule has 0 unspecified atom stereocenters. The molecule has 1 saturated heterocycles. The van der Waals surface area contributed by atoms with Crippen LogP contribution in [0.25, 0.3) is 0 Å². The molecular formula is C13H18F3N3O4S. The molecule has 1 aromatic rings. The molecule has 0 amide bonds. The lowest BCUT2D eigenvalue weighted by molar-refractivity contribution is -0.142. The van der Waals surface area contributed by atoms with Gasteiger partial charge in [-0.1, -0.05) is 0 Å². The number of ether oxygens (including phenoxy) is 1. The first-order valence-corrected chi connectivity index (χ1v) is 9.02. The predicted octanol–water partition coefficient (Wildman–Crippen LogP) is 0.919. The van der Waals surface area contributed by atoms with Gasteiger partial charge in [0.05, 0.1) is 18.1 Å². The van der Waals surface area contributed by atoms with Crippen molar-refractivity contribution in [3.05, 3.63) is 11.8 Å². The summed E-state index contributed by atoms with van der Waals surface area (Å²) in [5, 5.41) is 2.94. The number of alkyl halides is 3. The standard InChI is InChI=1S/C13H18F3N3O4S/c1-8-4-11(19(17-8)7-13(14,15)16)18-6-9(24(3,21)22)5-10(18)12(20)23-2/h4,9-10H,5-7H2,1-3H3/t9-,10+/m1/s1. The molecule has 2 atom stereocenters. The molecule has 136 valence electrons.